The SMILES string of the molecule is Cn1cc(CNCC2Cn3c(-c4ccccc4)cnc3CO2)cn1. The molecular formula is C18H21N5O. The molecule has 0 saturated carbocycles. The standard InChI is InChI=1S/C18H21N5O/c1-22-11-14(8-21-22)7-19-9-16-12-23-17(10-20-18(23)13-24-16)15-5-3-2-4-6-15/h2-6,8,10-11,16,19H,7,9,12-13H2,1H3. The highest BCUT2D eigenvalue weighted by Gasteiger charge is 2.22. The van der Waals surface area contributed by atoms with E-state index in [2.05, 4.69) is 44.2 Å². The van der Waals surface area contributed by atoms with Crippen LogP contribution in [0, 0.1) is 0 Å². The van der Waals surface area contributed by atoms with E-state index in [0.717, 1.165) is 31.2 Å². The van der Waals surface area contributed by atoms with Crippen molar-refractivity contribution in [2.24, 2.45) is 7.05 Å². The molecule has 0 radical (unpaired) electrons. The summed E-state index contributed by atoms with van der Waals surface area (Å²) >= 11 is 0. The average molecular weight is 323 g/mol. The molecular weight excluding hydrogens is 302 g/mol. The molecule has 3 heterocycles. The predicted octanol–water partition coefficient (Wildman–Crippen LogP) is 1.97. The Morgan fingerprint density at radius 2 is 2.12 bits per heavy atom. The number of ether oxygens (including phenoxy) is 1. The first-order chi connectivity index (χ1) is 11.8. The van der Waals surface area contributed by atoms with Crippen molar-refractivity contribution in [1.29, 1.82) is 0 Å². The highest BCUT2D eigenvalue weighted by atomic mass is 16.5. The van der Waals surface area contributed by atoms with Crippen LogP contribution < -0.4 is 5.32 Å². The average Bonchev–Trinajstić information content (AvgIpc) is 3.21. The molecule has 0 bridgehead atoms. The van der Waals surface area contributed by atoms with Crippen LogP contribution in [-0.4, -0.2) is 32.0 Å². The highest BCUT2D eigenvalue weighted by Crippen LogP contribution is 2.24. The van der Waals surface area contributed by atoms with Gasteiger partial charge in [0.05, 0.1) is 30.7 Å². The van der Waals surface area contributed by atoms with Crippen molar-refractivity contribution in [2.45, 2.75) is 25.8 Å². The smallest absolute Gasteiger partial charge is 0.135 e. The van der Waals surface area contributed by atoms with Gasteiger partial charge in [-0.05, 0) is 5.56 Å². The molecule has 0 fully saturated rings. The molecule has 0 spiro atoms. The molecule has 4 rings (SSSR count). The molecule has 124 valence electrons. The Bertz CT molecular complexity index is 808. The van der Waals surface area contributed by atoms with E-state index in [1.54, 1.807) is 0 Å². The fourth-order valence-electron chi connectivity index (χ4n) is 3.09. The molecule has 0 saturated heterocycles. The monoisotopic (exact) mass is 323 g/mol. The van der Waals surface area contributed by atoms with Gasteiger partial charge in [0.1, 0.15) is 12.4 Å². The van der Waals surface area contributed by atoms with Crippen LogP contribution in [0.15, 0.2) is 48.9 Å². The summed E-state index contributed by atoms with van der Waals surface area (Å²) in [7, 11) is 1.93. The van der Waals surface area contributed by atoms with E-state index in [0.29, 0.717) is 6.61 Å². The Balaban J connectivity index is 1.41. The summed E-state index contributed by atoms with van der Waals surface area (Å²) < 4.78 is 10.0. The molecule has 3 aromatic rings. The number of nitrogens with one attached hydrogen (secondary N) is 1. The second-order valence-corrected chi connectivity index (χ2v) is 6.12. The lowest BCUT2D eigenvalue weighted by Crippen LogP contribution is -2.36. The fourth-order valence-corrected chi connectivity index (χ4v) is 3.09. The van der Waals surface area contributed by atoms with Gasteiger partial charge in [0.15, 0.2) is 0 Å². The minimum absolute atomic E-state index is 0.144. The van der Waals surface area contributed by atoms with E-state index < -0.39 is 0 Å². The lowest BCUT2D eigenvalue weighted by Gasteiger charge is -2.26. The Morgan fingerprint density at radius 1 is 1.25 bits per heavy atom. The zero-order valence-corrected chi connectivity index (χ0v) is 13.7. The van der Waals surface area contributed by atoms with Crippen molar-refractivity contribution in [1.82, 2.24) is 24.6 Å². The summed E-state index contributed by atoms with van der Waals surface area (Å²) in [5.41, 5.74) is 3.54. The van der Waals surface area contributed by atoms with Crippen LogP contribution in [0.3, 0.4) is 0 Å². The topological polar surface area (TPSA) is 56.9 Å². The third-order valence-electron chi connectivity index (χ3n) is 4.30. The molecule has 6 nitrogen and oxygen atoms in total. The van der Waals surface area contributed by atoms with Crippen molar-refractivity contribution in [2.75, 3.05) is 6.54 Å². The normalized spacial score (nSPS) is 17.0. The second-order valence-electron chi connectivity index (χ2n) is 6.12. The molecule has 1 aromatic carbocycles. The maximum Gasteiger partial charge on any atom is 0.135 e. The van der Waals surface area contributed by atoms with Gasteiger partial charge in [-0.3, -0.25) is 4.68 Å². The summed E-state index contributed by atoms with van der Waals surface area (Å²) in [6, 6.07) is 10.4. The van der Waals surface area contributed by atoms with Crippen molar-refractivity contribution in [3.8, 4) is 11.3 Å². The van der Waals surface area contributed by atoms with Crippen LogP contribution in [0.2, 0.25) is 0 Å². The minimum Gasteiger partial charge on any atom is -0.367 e. The van der Waals surface area contributed by atoms with Gasteiger partial charge < -0.3 is 14.6 Å². The van der Waals surface area contributed by atoms with Gasteiger partial charge in [0.2, 0.25) is 0 Å². The fraction of sp³-hybridized carbons (Fsp3) is 0.333. The first-order valence-electron chi connectivity index (χ1n) is 8.19. The quantitative estimate of drug-likeness (QED) is 0.780. The van der Waals surface area contributed by atoms with Gasteiger partial charge in [-0.25, -0.2) is 4.98 Å². The van der Waals surface area contributed by atoms with E-state index in [9.17, 15) is 0 Å². The number of rotatable bonds is 5. The lowest BCUT2D eigenvalue weighted by molar-refractivity contribution is 0.00326. The first-order valence-corrected chi connectivity index (χ1v) is 8.19. The number of aryl methyl sites for hydroxylation is 1. The number of nitrogens with zero attached hydrogens (tertiary/aromatic N) is 4. The number of benzene rings is 1. The van der Waals surface area contributed by atoms with E-state index in [-0.39, 0.29) is 6.10 Å². The second kappa shape index (κ2) is 6.59. The summed E-state index contributed by atoms with van der Waals surface area (Å²) in [5, 5.41) is 7.64. The zero-order valence-electron chi connectivity index (χ0n) is 13.7. The summed E-state index contributed by atoms with van der Waals surface area (Å²) in [6.07, 6.45) is 6.00. The number of hydrogen-bond donors (Lipinski definition) is 1. The zero-order chi connectivity index (χ0) is 16.4. The number of fused-ring (bicyclic) bond motifs is 1. The summed E-state index contributed by atoms with van der Waals surface area (Å²) in [6.45, 7) is 2.99. The van der Waals surface area contributed by atoms with Crippen LogP contribution in [0.25, 0.3) is 11.3 Å². The van der Waals surface area contributed by atoms with Gasteiger partial charge in [-0.1, -0.05) is 30.3 Å². The van der Waals surface area contributed by atoms with Gasteiger partial charge in [-0.2, -0.15) is 5.10 Å². The third-order valence-corrected chi connectivity index (χ3v) is 4.30. The Hall–Kier alpha value is -2.44. The molecule has 1 unspecified atom stereocenters. The lowest BCUT2D eigenvalue weighted by atomic mass is 10.1. The molecule has 1 N–H and O–H groups in total. The number of imidazole rings is 1. The Labute approximate surface area is 141 Å². The number of aromatic nitrogens is 4. The van der Waals surface area contributed by atoms with Crippen molar-refractivity contribution >= 4 is 0 Å². The molecule has 0 aliphatic carbocycles. The summed E-state index contributed by atoms with van der Waals surface area (Å²) in [4.78, 5) is 4.50. The van der Waals surface area contributed by atoms with Crippen LogP contribution in [-0.2, 0) is 31.5 Å². The molecule has 2 aromatic heterocycles. The van der Waals surface area contributed by atoms with Crippen LogP contribution >= 0.6 is 0 Å². The number of hydrogen-bond acceptors (Lipinski definition) is 4. The molecule has 1 atom stereocenters. The van der Waals surface area contributed by atoms with Crippen molar-refractivity contribution < 1.29 is 4.74 Å². The predicted molar refractivity (Wildman–Crippen MR) is 91.2 cm³/mol. The minimum atomic E-state index is 0.144. The largest absolute Gasteiger partial charge is 0.367 e. The van der Waals surface area contributed by atoms with Gasteiger partial charge in [-0.15, -0.1) is 0 Å². The highest BCUT2D eigenvalue weighted by molar-refractivity contribution is 5.59. The van der Waals surface area contributed by atoms with Gasteiger partial charge in [0, 0.05) is 31.9 Å². The van der Waals surface area contributed by atoms with Crippen molar-refractivity contribution in [3.63, 3.8) is 0 Å². The van der Waals surface area contributed by atoms with Gasteiger partial charge in [0.25, 0.3) is 0 Å². The molecule has 24 heavy (non-hydrogen) atoms. The molecule has 6 heteroatoms. The summed E-state index contributed by atoms with van der Waals surface area (Å²) in [5.74, 6) is 0.998. The van der Waals surface area contributed by atoms with E-state index in [1.165, 1.54) is 11.1 Å². The van der Waals surface area contributed by atoms with Gasteiger partial charge >= 0.3 is 0 Å². The maximum absolute atomic E-state index is 5.93. The van der Waals surface area contributed by atoms with E-state index in [4.69, 9.17) is 4.74 Å². The molecule has 1 aliphatic heterocycles. The molecule has 1 aliphatic rings. The van der Waals surface area contributed by atoms with Crippen LogP contribution in [0.5, 0.6) is 0 Å². The Morgan fingerprint density at radius 3 is 2.92 bits per heavy atom. The maximum atomic E-state index is 5.93. The first kappa shape index (κ1) is 15.1. The third kappa shape index (κ3) is 3.11. The van der Waals surface area contributed by atoms with E-state index >= 15 is 0 Å². The molecule has 0 amide bonds. The van der Waals surface area contributed by atoms with Crippen LogP contribution in [0.4, 0.5) is 0 Å². The van der Waals surface area contributed by atoms with Crippen LogP contribution in [0.1, 0.15) is 11.4 Å². The van der Waals surface area contributed by atoms with E-state index in [1.807, 2.05) is 36.4 Å². The van der Waals surface area contributed by atoms with Crippen molar-refractivity contribution in [3.05, 3.63) is 60.3 Å². The Kier molecular flexibility index (Phi) is 4.15.